The SMILES string of the molecule is Cc1cccc(N2C(=S)N[C@@H](c3ccccn3)[C@@H]2c2cc(C)n(Cc3ccncc3)c2C)c1. The Morgan fingerprint density at radius 1 is 0.939 bits per heavy atom. The molecule has 5 nitrogen and oxygen atoms in total. The maximum Gasteiger partial charge on any atom is 0.174 e. The van der Waals surface area contributed by atoms with Crippen LogP contribution in [0.2, 0.25) is 0 Å². The van der Waals surface area contributed by atoms with Gasteiger partial charge in [-0.3, -0.25) is 9.97 Å². The van der Waals surface area contributed by atoms with E-state index in [9.17, 15) is 0 Å². The Morgan fingerprint density at radius 3 is 2.48 bits per heavy atom. The third-order valence-electron chi connectivity index (χ3n) is 6.40. The van der Waals surface area contributed by atoms with Crippen LogP contribution in [-0.4, -0.2) is 19.6 Å². The predicted molar refractivity (Wildman–Crippen MR) is 136 cm³/mol. The van der Waals surface area contributed by atoms with Crippen LogP contribution < -0.4 is 10.2 Å². The molecule has 1 fully saturated rings. The summed E-state index contributed by atoms with van der Waals surface area (Å²) in [6.07, 6.45) is 5.54. The number of benzene rings is 1. The number of rotatable bonds is 5. The van der Waals surface area contributed by atoms with Gasteiger partial charge < -0.3 is 14.8 Å². The summed E-state index contributed by atoms with van der Waals surface area (Å²) in [4.78, 5) is 11.1. The van der Waals surface area contributed by atoms with E-state index in [1.165, 1.54) is 28.1 Å². The number of hydrogen-bond acceptors (Lipinski definition) is 3. The Kier molecular flexibility index (Phi) is 5.68. The second-order valence-electron chi connectivity index (χ2n) is 8.60. The van der Waals surface area contributed by atoms with Gasteiger partial charge in [-0.2, -0.15) is 0 Å². The zero-order chi connectivity index (χ0) is 22.9. The van der Waals surface area contributed by atoms with Gasteiger partial charge in [0.25, 0.3) is 0 Å². The Bertz CT molecular complexity index is 1280. The molecule has 4 heterocycles. The molecule has 166 valence electrons. The average Bonchev–Trinajstić information content (AvgIpc) is 3.31. The first kappa shape index (κ1) is 21.3. The van der Waals surface area contributed by atoms with Crippen LogP contribution in [0, 0.1) is 20.8 Å². The second-order valence-corrected chi connectivity index (χ2v) is 8.99. The minimum atomic E-state index is -0.0471. The van der Waals surface area contributed by atoms with Crippen LogP contribution in [0.3, 0.4) is 0 Å². The minimum absolute atomic E-state index is 0.00779. The quantitative estimate of drug-likeness (QED) is 0.408. The molecule has 1 N–H and O–H groups in total. The third kappa shape index (κ3) is 4.02. The summed E-state index contributed by atoms with van der Waals surface area (Å²) in [5.74, 6) is 0. The van der Waals surface area contributed by atoms with Crippen molar-refractivity contribution >= 4 is 23.0 Å². The van der Waals surface area contributed by atoms with Gasteiger partial charge in [0.1, 0.15) is 0 Å². The fraction of sp³-hybridized carbons (Fsp3) is 0.222. The first-order valence-electron chi connectivity index (χ1n) is 11.2. The zero-order valence-electron chi connectivity index (χ0n) is 19.1. The van der Waals surface area contributed by atoms with E-state index in [0.717, 1.165) is 23.0 Å². The zero-order valence-corrected chi connectivity index (χ0v) is 19.9. The molecule has 0 unspecified atom stereocenters. The summed E-state index contributed by atoms with van der Waals surface area (Å²) in [5, 5.41) is 4.29. The van der Waals surface area contributed by atoms with E-state index in [-0.39, 0.29) is 12.1 Å². The third-order valence-corrected chi connectivity index (χ3v) is 6.71. The molecular formula is C27H27N5S. The van der Waals surface area contributed by atoms with Gasteiger partial charge in [0.05, 0.1) is 17.8 Å². The van der Waals surface area contributed by atoms with Crippen LogP contribution in [0.5, 0.6) is 0 Å². The molecular weight excluding hydrogens is 426 g/mol. The van der Waals surface area contributed by atoms with Crippen molar-refractivity contribution in [3.8, 4) is 0 Å². The molecule has 6 heteroatoms. The molecule has 0 radical (unpaired) electrons. The molecule has 1 aliphatic rings. The number of hydrogen-bond donors (Lipinski definition) is 1. The van der Waals surface area contributed by atoms with Gasteiger partial charge in [-0.05, 0) is 92.1 Å². The highest BCUT2D eigenvalue weighted by molar-refractivity contribution is 7.80. The molecule has 0 aliphatic carbocycles. The van der Waals surface area contributed by atoms with Gasteiger partial charge in [0, 0.05) is 42.2 Å². The van der Waals surface area contributed by atoms with Gasteiger partial charge in [0.15, 0.2) is 5.11 Å². The monoisotopic (exact) mass is 453 g/mol. The van der Waals surface area contributed by atoms with Crippen molar-refractivity contribution in [3.63, 3.8) is 0 Å². The van der Waals surface area contributed by atoms with Crippen molar-refractivity contribution in [1.82, 2.24) is 19.9 Å². The molecule has 1 aliphatic heterocycles. The summed E-state index contributed by atoms with van der Waals surface area (Å²) < 4.78 is 2.37. The summed E-state index contributed by atoms with van der Waals surface area (Å²) in [6, 6.07) is 21.0. The first-order valence-corrected chi connectivity index (χ1v) is 11.6. The minimum Gasteiger partial charge on any atom is -0.351 e. The van der Waals surface area contributed by atoms with Crippen LogP contribution in [0.1, 0.15) is 45.9 Å². The summed E-state index contributed by atoms with van der Waals surface area (Å²) in [5.41, 5.74) is 8.23. The highest BCUT2D eigenvalue weighted by Gasteiger charge is 2.42. The van der Waals surface area contributed by atoms with Gasteiger partial charge in [-0.25, -0.2) is 0 Å². The molecule has 4 aromatic rings. The fourth-order valence-electron chi connectivity index (χ4n) is 4.77. The maximum absolute atomic E-state index is 5.88. The fourth-order valence-corrected chi connectivity index (χ4v) is 5.11. The van der Waals surface area contributed by atoms with Gasteiger partial charge in [-0.1, -0.05) is 18.2 Å². The summed E-state index contributed by atoms with van der Waals surface area (Å²) in [7, 11) is 0. The van der Waals surface area contributed by atoms with Gasteiger partial charge in [-0.15, -0.1) is 0 Å². The summed E-state index contributed by atoms with van der Waals surface area (Å²) in [6.45, 7) is 7.30. The van der Waals surface area contributed by atoms with Crippen molar-refractivity contribution < 1.29 is 0 Å². The normalized spacial score (nSPS) is 17.9. The predicted octanol–water partition coefficient (Wildman–Crippen LogP) is 5.43. The van der Waals surface area contributed by atoms with E-state index >= 15 is 0 Å². The molecule has 1 aromatic carbocycles. The maximum atomic E-state index is 5.88. The standard InChI is InChI=1S/C27H27N5S/c1-18-7-6-8-22(15-18)32-26(25(30-27(32)33)24-9-4-5-12-29-24)23-16-19(2)31(20(23)3)17-21-10-13-28-14-11-21/h4-16,25-26H,17H2,1-3H3,(H,30,33)/t25-,26-/m0/s1. The molecule has 5 rings (SSSR count). The molecule has 33 heavy (non-hydrogen) atoms. The molecule has 0 amide bonds. The largest absolute Gasteiger partial charge is 0.351 e. The lowest BCUT2D eigenvalue weighted by Gasteiger charge is -2.28. The molecule has 0 saturated carbocycles. The second kappa shape index (κ2) is 8.79. The van der Waals surface area contributed by atoms with Crippen LogP contribution in [-0.2, 0) is 6.54 Å². The highest BCUT2D eigenvalue weighted by atomic mass is 32.1. The van der Waals surface area contributed by atoms with Crippen LogP contribution >= 0.6 is 12.2 Å². The van der Waals surface area contributed by atoms with E-state index < -0.39 is 0 Å². The van der Waals surface area contributed by atoms with Gasteiger partial charge in [0.2, 0.25) is 0 Å². The van der Waals surface area contributed by atoms with Crippen molar-refractivity contribution in [1.29, 1.82) is 0 Å². The number of aryl methyl sites for hydroxylation is 2. The average molecular weight is 454 g/mol. The van der Waals surface area contributed by atoms with E-state index in [1.807, 2.05) is 30.7 Å². The Morgan fingerprint density at radius 2 is 1.76 bits per heavy atom. The van der Waals surface area contributed by atoms with E-state index in [2.05, 4.69) is 94.1 Å². The van der Waals surface area contributed by atoms with Crippen LogP contribution in [0.4, 0.5) is 5.69 Å². The molecule has 0 bridgehead atoms. The first-order chi connectivity index (χ1) is 16.0. The van der Waals surface area contributed by atoms with Crippen LogP contribution in [0.15, 0.2) is 79.3 Å². The lowest BCUT2D eigenvalue weighted by Crippen LogP contribution is -2.29. The lowest BCUT2D eigenvalue weighted by atomic mass is 9.96. The number of anilines is 1. The molecule has 3 aromatic heterocycles. The molecule has 1 saturated heterocycles. The van der Waals surface area contributed by atoms with Crippen molar-refractivity contribution in [3.05, 3.63) is 113 Å². The van der Waals surface area contributed by atoms with E-state index in [4.69, 9.17) is 12.2 Å². The topological polar surface area (TPSA) is 46.0 Å². The highest BCUT2D eigenvalue weighted by Crippen LogP contribution is 2.43. The number of pyridine rings is 2. The number of nitrogens with zero attached hydrogens (tertiary/aromatic N) is 4. The van der Waals surface area contributed by atoms with Crippen molar-refractivity contribution in [2.45, 2.75) is 39.4 Å². The lowest BCUT2D eigenvalue weighted by molar-refractivity contribution is 0.563. The number of nitrogens with one attached hydrogen (secondary N) is 1. The smallest absolute Gasteiger partial charge is 0.174 e. The van der Waals surface area contributed by atoms with E-state index in [0.29, 0.717) is 0 Å². The summed E-state index contributed by atoms with van der Waals surface area (Å²) >= 11 is 5.88. The Balaban J connectivity index is 1.63. The van der Waals surface area contributed by atoms with E-state index in [1.54, 1.807) is 0 Å². The Labute approximate surface area is 200 Å². The van der Waals surface area contributed by atoms with Crippen molar-refractivity contribution in [2.75, 3.05) is 4.90 Å². The number of thiocarbonyl (C=S) groups is 1. The van der Waals surface area contributed by atoms with Gasteiger partial charge >= 0.3 is 0 Å². The molecule has 0 spiro atoms. The Hall–Kier alpha value is -3.51. The number of aromatic nitrogens is 3. The molecule has 2 atom stereocenters. The van der Waals surface area contributed by atoms with Crippen LogP contribution in [0.25, 0.3) is 0 Å². The van der Waals surface area contributed by atoms with Crippen molar-refractivity contribution in [2.24, 2.45) is 0 Å².